The second-order valence-corrected chi connectivity index (χ2v) is 9.11. The Balaban J connectivity index is 1.60. The summed E-state index contributed by atoms with van der Waals surface area (Å²) in [5.41, 5.74) is 2.08. The molecule has 7 heteroatoms. The van der Waals surface area contributed by atoms with E-state index in [2.05, 4.69) is 5.32 Å². The highest BCUT2D eigenvalue weighted by molar-refractivity contribution is 7.88. The molecule has 5 nitrogen and oxygen atoms in total. The van der Waals surface area contributed by atoms with Gasteiger partial charge in [-0.05, 0) is 44.1 Å². The van der Waals surface area contributed by atoms with E-state index < -0.39 is 10.0 Å². The molecule has 2 heterocycles. The molecule has 1 aliphatic heterocycles. The third-order valence-electron chi connectivity index (χ3n) is 4.56. The Kier molecular flexibility index (Phi) is 4.56. The molecule has 0 radical (unpaired) electrons. The Morgan fingerprint density at radius 2 is 1.95 bits per heavy atom. The fourth-order valence-corrected chi connectivity index (χ4v) is 5.28. The van der Waals surface area contributed by atoms with Crippen LogP contribution in [-0.4, -0.2) is 44.0 Å². The first-order chi connectivity index (χ1) is 10.4. The van der Waals surface area contributed by atoms with E-state index in [1.807, 2.05) is 5.38 Å². The minimum Gasteiger partial charge on any atom is -0.349 e. The normalized spacial score (nSPS) is 20.6. The first-order valence-electron chi connectivity index (χ1n) is 7.80. The predicted octanol–water partition coefficient (Wildman–Crippen LogP) is 1.78. The molecule has 122 valence electrons. The van der Waals surface area contributed by atoms with Crippen LogP contribution in [0.2, 0.25) is 0 Å². The number of fused-ring (bicyclic) bond motifs is 1. The van der Waals surface area contributed by atoms with E-state index >= 15 is 0 Å². The molecular weight excluding hydrogens is 320 g/mol. The van der Waals surface area contributed by atoms with E-state index in [9.17, 15) is 13.2 Å². The number of hydrogen-bond donors (Lipinski definition) is 1. The van der Waals surface area contributed by atoms with Gasteiger partial charge in [-0.25, -0.2) is 12.7 Å². The second-order valence-electron chi connectivity index (χ2n) is 6.17. The van der Waals surface area contributed by atoms with Crippen LogP contribution in [0.3, 0.4) is 0 Å². The van der Waals surface area contributed by atoms with Gasteiger partial charge in [0.2, 0.25) is 10.0 Å². The van der Waals surface area contributed by atoms with Crippen LogP contribution in [0.1, 0.15) is 46.5 Å². The number of carbonyl (C=O) groups excluding carboxylic acids is 1. The third-order valence-corrected chi connectivity index (χ3v) is 6.96. The second kappa shape index (κ2) is 6.29. The molecule has 1 aromatic rings. The summed E-state index contributed by atoms with van der Waals surface area (Å²) >= 11 is 1.70. The van der Waals surface area contributed by atoms with Crippen molar-refractivity contribution < 1.29 is 13.2 Å². The molecule has 0 aromatic carbocycles. The molecule has 1 aromatic heterocycles. The molecule has 0 spiro atoms. The molecule has 0 atom stereocenters. The van der Waals surface area contributed by atoms with Gasteiger partial charge >= 0.3 is 0 Å². The minimum atomic E-state index is -3.11. The van der Waals surface area contributed by atoms with Crippen LogP contribution in [0.5, 0.6) is 0 Å². The summed E-state index contributed by atoms with van der Waals surface area (Å²) in [5, 5.41) is 5.07. The number of nitrogens with zero attached hydrogens (tertiary/aromatic N) is 1. The fourth-order valence-electron chi connectivity index (χ4n) is 3.28. The molecule has 1 fully saturated rings. The topological polar surface area (TPSA) is 66.5 Å². The Morgan fingerprint density at radius 3 is 2.64 bits per heavy atom. The first-order valence-corrected chi connectivity index (χ1v) is 10.5. The Bertz CT molecular complexity index is 658. The van der Waals surface area contributed by atoms with Crippen molar-refractivity contribution in [2.75, 3.05) is 19.3 Å². The molecule has 2 aliphatic rings. The largest absolute Gasteiger partial charge is 0.349 e. The van der Waals surface area contributed by atoms with E-state index in [4.69, 9.17) is 0 Å². The number of amides is 1. The lowest BCUT2D eigenvalue weighted by Gasteiger charge is -2.30. The number of sulfonamides is 1. The predicted molar refractivity (Wildman–Crippen MR) is 87.9 cm³/mol. The van der Waals surface area contributed by atoms with Gasteiger partial charge in [0, 0.05) is 29.4 Å². The first kappa shape index (κ1) is 16.0. The van der Waals surface area contributed by atoms with E-state index in [0.29, 0.717) is 25.9 Å². The summed E-state index contributed by atoms with van der Waals surface area (Å²) in [6, 6.07) is 0.0737. The maximum atomic E-state index is 12.5. The van der Waals surface area contributed by atoms with Gasteiger partial charge < -0.3 is 5.32 Å². The van der Waals surface area contributed by atoms with E-state index in [1.165, 1.54) is 27.4 Å². The van der Waals surface area contributed by atoms with Crippen molar-refractivity contribution >= 4 is 27.3 Å². The van der Waals surface area contributed by atoms with Crippen LogP contribution in [0, 0.1) is 0 Å². The molecule has 0 saturated carbocycles. The number of aryl methyl sites for hydroxylation is 1. The van der Waals surface area contributed by atoms with E-state index in [1.54, 1.807) is 11.3 Å². The quantitative estimate of drug-likeness (QED) is 0.910. The van der Waals surface area contributed by atoms with Gasteiger partial charge in [0.1, 0.15) is 0 Å². The average molecular weight is 342 g/mol. The number of carbonyl (C=O) groups is 1. The summed E-state index contributed by atoms with van der Waals surface area (Å²) in [5.74, 6) is 0.0113. The van der Waals surface area contributed by atoms with Crippen molar-refractivity contribution in [3.63, 3.8) is 0 Å². The number of nitrogens with one attached hydrogen (secondary N) is 1. The highest BCUT2D eigenvalue weighted by Gasteiger charge is 2.27. The van der Waals surface area contributed by atoms with Crippen LogP contribution < -0.4 is 5.32 Å². The van der Waals surface area contributed by atoms with Gasteiger partial charge in [0.25, 0.3) is 5.91 Å². The molecule has 1 saturated heterocycles. The average Bonchev–Trinajstić information content (AvgIpc) is 2.91. The van der Waals surface area contributed by atoms with Gasteiger partial charge in [-0.15, -0.1) is 11.3 Å². The van der Waals surface area contributed by atoms with Gasteiger partial charge in [-0.3, -0.25) is 4.79 Å². The Labute approximate surface area is 135 Å². The zero-order valence-corrected chi connectivity index (χ0v) is 14.4. The number of rotatable bonds is 3. The van der Waals surface area contributed by atoms with Crippen LogP contribution in [-0.2, 0) is 22.9 Å². The molecule has 1 amide bonds. The number of hydrogen-bond acceptors (Lipinski definition) is 4. The zero-order chi connectivity index (χ0) is 15.7. The van der Waals surface area contributed by atoms with Gasteiger partial charge in [-0.2, -0.15) is 0 Å². The summed E-state index contributed by atoms with van der Waals surface area (Å²) in [6.45, 7) is 0.983. The number of piperidine rings is 1. The van der Waals surface area contributed by atoms with Crippen molar-refractivity contribution in [3.05, 3.63) is 21.4 Å². The van der Waals surface area contributed by atoms with Crippen LogP contribution in [0.4, 0.5) is 0 Å². The van der Waals surface area contributed by atoms with Crippen LogP contribution in [0.15, 0.2) is 5.38 Å². The maximum absolute atomic E-state index is 12.5. The standard InChI is InChI=1S/C15H22N2O3S2/c1-22(19,20)17-8-6-11(7-9-17)16-15(18)13-10-21-14-5-3-2-4-12(13)14/h10-11H,2-9H2,1H3,(H,16,18). The van der Waals surface area contributed by atoms with Crippen molar-refractivity contribution in [2.24, 2.45) is 0 Å². The van der Waals surface area contributed by atoms with Crippen molar-refractivity contribution in [1.29, 1.82) is 0 Å². The Morgan fingerprint density at radius 1 is 1.27 bits per heavy atom. The fraction of sp³-hybridized carbons (Fsp3) is 0.667. The molecule has 1 aliphatic carbocycles. The highest BCUT2D eigenvalue weighted by atomic mass is 32.2. The highest BCUT2D eigenvalue weighted by Crippen LogP contribution is 2.30. The van der Waals surface area contributed by atoms with Gasteiger partial charge in [0.15, 0.2) is 0 Å². The lowest BCUT2D eigenvalue weighted by molar-refractivity contribution is 0.0923. The van der Waals surface area contributed by atoms with Gasteiger partial charge in [-0.1, -0.05) is 0 Å². The number of thiophene rings is 1. The molecule has 0 unspecified atom stereocenters. The smallest absolute Gasteiger partial charge is 0.252 e. The van der Waals surface area contributed by atoms with Crippen molar-refractivity contribution in [1.82, 2.24) is 9.62 Å². The third kappa shape index (κ3) is 3.36. The molecule has 3 rings (SSSR count). The summed E-state index contributed by atoms with van der Waals surface area (Å²) in [4.78, 5) is 13.9. The van der Waals surface area contributed by atoms with Crippen LogP contribution >= 0.6 is 11.3 Å². The monoisotopic (exact) mass is 342 g/mol. The van der Waals surface area contributed by atoms with E-state index in [-0.39, 0.29) is 11.9 Å². The van der Waals surface area contributed by atoms with Crippen LogP contribution in [0.25, 0.3) is 0 Å². The Hall–Kier alpha value is -0.920. The SMILES string of the molecule is CS(=O)(=O)N1CCC(NC(=O)c2csc3c2CCCC3)CC1. The van der Waals surface area contributed by atoms with Crippen molar-refractivity contribution in [2.45, 2.75) is 44.6 Å². The molecular formula is C15H22N2O3S2. The van der Waals surface area contributed by atoms with Crippen molar-refractivity contribution in [3.8, 4) is 0 Å². The lowest BCUT2D eigenvalue weighted by atomic mass is 9.95. The van der Waals surface area contributed by atoms with E-state index in [0.717, 1.165) is 24.8 Å². The molecule has 1 N–H and O–H groups in total. The summed E-state index contributed by atoms with van der Waals surface area (Å²) < 4.78 is 24.5. The zero-order valence-electron chi connectivity index (χ0n) is 12.8. The summed E-state index contributed by atoms with van der Waals surface area (Å²) in [6.07, 6.45) is 7.10. The summed E-state index contributed by atoms with van der Waals surface area (Å²) in [7, 11) is -3.11. The maximum Gasteiger partial charge on any atom is 0.252 e. The lowest BCUT2D eigenvalue weighted by Crippen LogP contribution is -2.46. The van der Waals surface area contributed by atoms with Gasteiger partial charge in [0.05, 0.1) is 11.8 Å². The minimum absolute atomic E-state index is 0.0113. The molecule has 22 heavy (non-hydrogen) atoms. The molecule has 0 bridgehead atoms.